The van der Waals surface area contributed by atoms with Crippen LogP contribution in [-0.4, -0.2) is 35.9 Å². The van der Waals surface area contributed by atoms with Gasteiger partial charge in [0.25, 0.3) is 0 Å². The van der Waals surface area contributed by atoms with E-state index >= 15 is 0 Å². The van der Waals surface area contributed by atoms with E-state index < -0.39 is 24.3 Å². The van der Waals surface area contributed by atoms with Crippen molar-refractivity contribution in [3.8, 4) is 11.3 Å². The van der Waals surface area contributed by atoms with Gasteiger partial charge in [0.15, 0.2) is 0 Å². The Morgan fingerprint density at radius 2 is 1.67 bits per heavy atom. The molecule has 0 bridgehead atoms. The lowest BCUT2D eigenvalue weighted by molar-refractivity contribution is 0.00578. The fraction of sp³-hybridized carbons (Fsp3) is 0.350. The average molecular weight is 369 g/mol. The van der Waals surface area contributed by atoms with E-state index in [9.17, 15) is 4.79 Å². The minimum atomic E-state index is -1.09. The van der Waals surface area contributed by atoms with Crippen molar-refractivity contribution >= 4 is 19.2 Å². The first-order valence-electron chi connectivity index (χ1n) is 8.83. The van der Waals surface area contributed by atoms with Crippen molar-refractivity contribution in [2.24, 2.45) is 5.73 Å². The molecule has 2 heterocycles. The standard InChI is InChI=1S/C20H24BNO5/c1-19(2)20(3,4)27-21(26-19)15(12-22)11-13-5-7-14(8-6-13)16-9-10-17(25-16)18(23)24/h5-11H,12,22H2,1-4H3,(H,23,24). The van der Waals surface area contributed by atoms with Crippen LogP contribution in [0.15, 0.2) is 46.3 Å². The van der Waals surface area contributed by atoms with Gasteiger partial charge in [-0.15, -0.1) is 0 Å². The zero-order valence-electron chi connectivity index (χ0n) is 16.0. The van der Waals surface area contributed by atoms with Gasteiger partial charge in [-0.25, -0.2) is 4.79 Å². The molecule has 1 fully saturated rings. The van der Waals surface area contributed by atoms with Crippen molar-refractivity contribution in [2.75, 3.05) is 6.54 Å². The molecule has 3 N–H and O–H groups in total. The molecular weight excluding hydrogens is 345 g/mol. The van der Waals surface area contributed by atoms with E-state index in [4.69, 9.17) is 24.6 Å². The molecule has 0 saturated carbocycles. The molecule has 0 amide bonds. The van der Waals surface area contributed by atoms with Crippen molar-refractivity contribution in [3.63, 3.8) is 0 Å². The fourth-order valence-corrected chi connectivity index (χ4v) is 2.78. The van der Waals surface area contributed by atoms with Crippen LogP contribution in [0.5, 0.6) is 0 Å². The van der Waals surface area contributed by atoms with Crippen molar-refractivity contribution in [1.82, 2.24) is 0 Å². The molecule has 3 rings (SSSR count). The van der Waals surface area contributed by atoms with E-state index in [0.29, 0.717) is 12.3 Å². The number of carboxylic acids is 1. The Bertz CT molecular complexity index is 851. The van der Waals surface area contributed by atoms with Gasteiger partial charge in [-0.2, -0.15) is 0 Å². The van der Waals surface area contributed by atoms with E-state index in [-0.39, 0.29) is 5.76 Å². The fourth-order valence-electron chi connectivity index (χ4n) is 2.78. The molecular formula is C20H24BNO5. The molecule has 0 atom stereocenters. The maximum atomic E-state index is 10.9. The van der Waals surface area contributed by atoms with Crippen LogP contribution in [0.25, 0.3) is 17.4 Å². The Balaban J connectivity index is 1.80. The average Bonchev–Trinajstić information content (AvgIpc) is 3.16. The summed E-state index contributed by atoms with van der Waals surface area (Å²) in [6.45, 7) is 8.34. The van der Waals surface area contributed by atoms with Gasteiger partial charge in [-0.1, -0.05) is 30.3 Å². The molecule has 6 nitrogen and oxygen atoms in total. The van der Waals surface area contributed by atoms with Crippen LogP contribution >= 0.6 is 0 Å². The minimum absolute atomic E-state index is 0.0832. The molecule has 142 valence electrons. The maximum absolute atomic E-state index is 10.9. The van der Waals surface area contributed by atoms with E-state index in [1.807, 2.05) is 58.0 Å². The molecule has 1 aromatic carbocycles. The Kier molecular flexibility index (Phi) is 5.03. The molecule has 0 spiro atoms. The molecule has 1 aliphatic rings. The Morgan fingerprint density at radius 1 is 1.07 bits per heavy atom. The molecule has 0 radical (unpaired) electrons. The van der Waals surface area contributed by atoms with Crippen LogP contribution in [0.4, 0.5) is 0 Å². The summed E-state index contributed by atoms with van der Waals surface area (Å²) >= 11 is 0. The van der Waals surface area contributed by atoms with Crippen molar-refractivity contribution in [3.05, 3.63) is 53.2 Å². The number of aromatic carboxylic acids is 1. The van der Waals surface area contributed by atoms with Gasteiger partial charge in [0.2, 0.25) is 5.76 Å². The predicted molar refractivity (Wildman–Crippen MR) is 104 cm³/mol. The topological polar surface area (TPSA) is 94.9 Å². The summed E-state index contributed by atoms with van der Waals surface area (Å²) in [6.07, 6.45) is 1.96. The molecule has 1 aliphatic heterocycles. The predicted octanol–water partition coefficient (Wildman–Crippen LogP) is 3.62. The molecule has 27 heavy (non-hydrogen) atoms. The highest BCUT2D eigenvalue weighted by molar-refractivity contribution is 6.55. The molecule has 0 unspecified atom stereocenters. The molecule has 0 aliphatic carbocycles. The summed E-state index contributed by atoms with van der Waals surface area (Å²) in [5.74, 6) is -0.663. The summed E-state index contributed by atoms with van der Waals surface area (Å²) in [4.78, 5) is 10.9. The third kappa shape index (κ3) is 3.85. The van der Waals surface area contributed by atoms with Gasteiger partial charge in [0.1, 0.15) is 5.76 Å². The molecule has 1 saturated heterocycles. The van der Waals surface area contributed by atoms with Gasteiger partial charge in [0, 0.05) is 12.1 Å². The van der Waals surface area contributed by atoms with E-state index in [0.717, 1.165) is 16.6 Å². The van der Waals surface area contributed by atoms with Crippen LogP contribution in [-0.2, 0) is 9.31 Å². The third-order valence-corrected chi connectivity index (χ3v) is 5.16. The molecule has 1 aromatic heterocycles. The summed E-state index contributed by atoms with van der Waals surface area (Å²) in [5, 5.41) is 8.96. The number of carboxylic acid groups (broad SMARTS) is 1. The number of carbonyl (C=O) groups is 1. The maximum Gasteiger partial charge on any atom is 0.491 e. The number of hydrogen-bond donors (Lipinski definition) is 2. The Hall–Kier alpha value is -2.35. The SMILES string of the molecule is CC1(C)OB(C(=Cc2ccc(-c3ccc(C(=O)O)o3)cc2)CN)OC1(C)C. The summed E-state index contributed by atoms with van der Waals surface area (Å²) in [5.41, 5.74) is 7.68. The number of hydrogen-bond acceptors (Lipinski definition) is 5. The first kappa shape index (κ1) is 19.4. The van der Waals surface area contributed by atoms with Crippen molar-refractivity contribution < 1.29 is 23.6 Å². The van der Waals surface area contributed by atoms with Crippen LogP contribution < -0.4 is 5.73 Å². The lowest BCUT2D eigenvalue weighted by atomic mass is 9.77. The smallest absolute Gasteiger partial charge is 0.475 e. The van der Waals surface area contributed by atoms with Crippen LogP contribution in [0.3, 0.4) is 0 Å². The van der Waals surface area contributed by atoms with Gasteiger partial charge < -0.3 is 24.6 Å². The zero-order valence-corrected chi connectivity index (χ0v) is 16.0. The largest absolute Gasteiger partial charge is 0.491 e. The summed E-state index contributed by atoms with van der Waals surface area (Å²) in [6, 6.07) is 10.7. The highest BCUT2D eigenvalue weighted by Gasteiger charge is 2.52. The first-order chi connectivity index (χ1) is 12.6. The number of benzene rings is 1. The highest BCUT2D eigenvalue weighted by Crippen LogP contribution is 2.38. The quantitative estimate of drug-likeness (QED) is 0.782. The molecule has 2 aromatic rings. The van der Waals surface area contributed by atoms with Crippen molar-refractivity contribution in [2.45, 2.75) is 38.9 Å². The number of nitrogens with two attached hydrogens (primary N) is 1. The number of furan rings is 1. The van der Waals surface area contributed by atoms with E-state index in [1.165, 1.54) is 6.07 Å². The minimum Gasteiger partial charge on any atom is -0.475 e. The van der Waals surface area contributed by atoms with Gasteiger partial charge in [-0.3, -0.25) is 0 Å². The number of rotatable bonds is 5. The normalized spacial score (nSPS) is 18.7. The lowest BCUT2D eigenvalue weighted by Crippen LogP contribution is -2.41. The van der Waals surface area contributed by atoms with Gasteiger partial charge in [0.05, 0.1) is 11.2 Å². The Morgan fingerprint density at radius 3 is 2.15 bits per heavy atom. The van der Waals surface area contributed by atoms with Crippen LogP contribution in [0, 0.1) is 0 Å². The van der Waals surface area contributed by atoms with Gasteiger partial charge >= 0.3 is 13.1 Å². The highest BCUT2D eigenvalue weighted by atomic mass is 16.7. The van der Waals surface area contributed by atoms with Crippen LogP contribution in [0.1, 0.15) is 43.8 Å². The first-order valence-corrected chi connectivity index (χ1v) is 8.83. The lowest BCUT2D eigenvalue weighted by Gasteiger charge is -2.32. The summed E-state index contributed by atoms with van der Waals surface area (Å²) in [7, 11) is -0.483. The van der Waals surface area contributed by atoms with E-state index in [1.54, 1.807) is 6.07 Å². The summed E-state index contributed by atoms with van der Waals surface area (Å²) < 4.78 is 17.5. The molecule has 7 heteroatoms. The van der Waals surface area contributed by atoms with E-state index in [2.05, 4.69) is 0 Å². The second-order valence-corrected chi connectivity index (χ2v) is 7.60. The second-order valence-electron chi connectivity index (χ2n) is 7.60. The second kappa shape index (κ2) is 7.00. The van der Waals surface area contributed by atoms with Crippen LogP contribution in [0.2, 0.25) is 0 Å². The third-order valence-electron chi connectivity index (χ3n) is 5.16. The van der Waals surface area contributed by atoms with Gasteiger partial charge in [-0.05, 0) is 50.9 Å². The zero-order chi connectivity index (χ0) is 19.8. The van der Waals surface area contributed by atoms with Crippen molar-refractivity contribution in [1.29, 1.82) is 0 Å². The Labute approximate surface area is 159 Å². The monoisotopic (exact) mass is 369 g/mol.